The lowest BCUT2D eigenvalue weighted by molar-refractivity contribution is 0.0167. The van der Waals surface area contributed by atoms with Crippen molar-refractivity contribution in [3.05, 3.63) is 16.1 Å². The van der Waals surface area contributed by atoms with E-state index in [1.807, 2.05) is 0 Å². The van der Waals surface area contributed by atoms with E-state index >= 15 is 0 Å². The maximum atomic E-state index is 5.77. The maximum Gasteiger partial charge on any atom is 0.0954 e. The van der Waals surface area contributed by atoms with E-state index in [9.17, 15) is 0 Å². The highest BCUT2D eigenvalue weighted by molar-refractivity contribution is 7.09. The van der Waals surface area contributed by atoms with Crippen LogP contribution in [-0.4, -0.2) is 24.2 Å². The molecule has 0 spiro atoms. The Morgan fingerprint density at radius 1 is 1.35 bits per heavy atom. The summed E-state index contributed by atoms with van der Waals surface area (Å²) in [5.41, 5.74) is 1.25. The zero-order valence-corrected chi connectivity index (χ0v) is 11.0. The predicted octanol–water partition coefficient (Wildman–Crippen LogP) is 2.68. The summed E-state index contributed by atoms with van der Waals surface area (Å²) in [6.07, 6.45) is 7.69. The summed E-state index contributed by atoms with van der Waals surface area (Å²) in [4.78, 5) is 4.76. The largest absolute Gasteiger partial charge is 0.378 e. The average molecular weight is 252 g/mol. The Morgan fingerprint density at radius 3 is 3.12 bits per heavy atom. The normalized spacial score (nSPS) is 29.6. The molecule has 2 aliphatic rings. The van der Waals surface area contributed by atoms with Gasteiger partial charge in [0.05, 0.1) is 22.8 Å². The number of hydrogen-bond donors (Lipinski definition) is 1. The molecule has 0 radical (unpaired) electrons. The number of thiazole rings is 1. The molecule has 2 aliphatic heterocycles. The van der Waals surface area contributed by atoms with Gasteiger partial charge in [0.2, 0.25) is 0 Å². The van der Waals surface area contributed by atoms with Crippen molar-refractivity contribution in [3.8, 4) is 0 Å². The van der Waals surface area contributed by atoms with Crippen LogP contribution in [-0.2, 0) is 11.2 Å². The number of ether oxygens (including phenoxy) is 1. The van der Waals surface area contributed by atoms with E-state index in [0.29, 0.717) is 12.1 Å². The zero-order valence-electron chi connectivity index (χ0n) is 10.2. The van der Waals surface area contributed by atoms with Crippen molar-refractivity contribution < 1.29 is 4.74 Å². The van der Waals surface area contributed by atoms with Crippen LogP contribution in [0.2, 0.25) is 0 Å². The summed E-state index contributed by atoms with van der Waals surface area (Å²) in [6.45, 7) is 2.08. The Labute approximate surface area is 107 Å². The highest BCUT2D eigenvalue weighted by atomic mass is 32.1. The molecule has 3 nitrogen and oxygen atoms in total. The highest BCUT2D eigenvalue weighted by Crippen LogP contribution is 2.26. The number of aromatic nitrogens is 1. The monoisotopic (exact) mass is 252 g/mol. The van der Waals surface area contributed by atoms with E-state index in [0.717, 1.165) is 19.6 Å². The van der Waals surface area contributed by atoms with Crippen molar-refractivity contribution >= 4 is 11.3 Å². The maximum absolute atomic E-state index is 5.77. The topological polar surface area (TPSA) is 34.1 Å². The van der Waals surface area contributed by atoms with Gasteiger partial charge in [0.1, 0.15) is 0 Å². The second-order valence-electron chi connectivity index (χ2n) is 5.01. The first kappa shape index (κ1) is 11.6. The van der Waals surface area contributed by atoms with Crippen LogP contribution < -0.4 is 5.32 Å². The van der Waals surface area contributed by atoms with Gasteiger partial charge < -0.3 is 10.1 Å². The molecule has 94 valence electrons. The fourth-order valence-corrected chi connectivity index (χ4v) is 3.59. The summed E-state index contributed by atoms with van der Waals surface area (Å²) in [5.74, 6) is 0. The van der Waals surface area contributed by atoms with Gasteiger partial charge in [0.25, 0.3) is 0 Å². The van der Waals surface area contributed by atoms with Gasteiger partial charge in [-0.2, -0.15) is 0 Å². The molecule has 17 heavy (non-hydrogen) atoms. The first-order valence-corrected chi connectivity index (χ1v) is 7.59. The molecule has 0 aliphatic carbocycles. The molecule has 2 atom stereocenters. The Bertz CT molecular complexity index is 354. The number of rotatable bonds is 3. The van der Waals surface area contributed by atoms with E-state index in [1.54, 1.807) is 11.3 Å². The van der Waals surface area contributed by atoms with E-state index in [2.05, 4.69) is 10.7 Å². The SMILES string of the molecule is c1sc(CC2CCCCO2)nc1C1CCCN1. The standard InChI is InChI=1S/C13H20N2OS/c1-2-7-16-10(4-1)8-13-15-12(9-17-13)11-5-3-6-14-11/h9-11,14H,1-8H2. The third-order valence-corrected chi connectivity index (χ3v) is 4.55. The molecule has 0 amide bonds. The van der Waals surface area contributed by atoms with E-state index in [4.69, 9.17) is 9.72 Å². The van der Waals surface area contributed by atoms with Crippen molar-refractivity contribution in [2.24, 2.45) is 0 Å². The molecule has 3 rings (SSSR count). The minimum atomic E-state index is 0.416. The fourth-order valence-electron chi connectivity index (χ4n) is 2.68. The second kappa shape index (κ2) is 5.46. The summed E-state index contributed by atoms with van der Waals surface area (Å²) in [6, 6.07) is 0.507. The molecule has 1 aromatic heterocycles. The quantitative estimate of drug-likeness (QED) is 0.898. The van der Waals surface area contributed by atoms with Gasteiger partial charge in [-0.15, -0.1) is 11.3 Å². The summed E-state index contributed by atoms with van der Waals surface area (Å²) in [5, 5.41) is 6.98. The van der Waals surface area contributed by atoms with Gasteiger partial charge in [0.15, 0.2) is 0 Å². The number of nitrogens with zero attached hydrogens (tertiary/aromatic N) is 1. The summed E-state index contributed by atoms with van der Waals surface area (Å²) >= 11 is 1.80. The van der Waals surface area contributed by atoms with Crippen LogP contribution in [0.1, 0.15) is 48.8 Å². The minimum absolute atomic E-state index is 0.416. The van der Waals surface area contributed by atoms with Gasteiger partial charge >= 0.3 is 0 Å². The molecule has 4 heteroatoms. The molecule has 0 aromatic carbocycles. The van der Waals surface area contributed by atoms with Gasteiger partial charge in [-0.3, -0.25) is 0 Å². The van der Waals surface area contributed by atoms with E-state index in [-0.39, 0.29) is 0 Å². The van der Waals surface area contributed by atoms with Crippen LogP contribution in [0.25, 0.3) is 0 Å². The van der Waals surface area contributed by atoms with Crippen molar-refractivity contribution in [2.75, 3.05) is 13.2 Å². The third-order valence-electron chi connectivity index (χ3n) is 3.66. The predicted molar refractivity (Wildman–Crippen MR) is 69.4 cm³/mol. The first-order chi connectivity index (χ1) is 8.42. The van der Waals surface area contributed by atoms with Crippen molar-refractivity contribution in [1.82, 2.24) is 10.3 Å². The lowest BCUT2D eigenvalue weighted by atomic mass is 10.1. The fraction of sp³-hybridized carbons (Fsp3) is 0.769. The zero-order chi connectivity index (χ0) is 11.5. The van der Waals surface area contributed by atoms with Crippen molar-refractivity contribution in [2.45, 2.75) is 50.7 Å². The molecular formula is C13H20N2OS. The Morgan fingerprint density at radius 2 is 2.35 bits per heavy atom. The van der Waals surface area contributed by atoms with E-state index < -0.39 is 0 Å². The van der Waals surface area contributed by atoms with Gasteiger partial charge in [-0.1, -0.05) is 0 Å². The van der Waals surface area contributed by atoms with Crippen LogP contribution in [0, 0.1) is 0 Å². The molecule has 2 unspecified atom stereocenters. The van der Waals surface area contributed by atoms with Gasteiger partial charge in [-0.05, 0) is 38.6 Å². The lowest BCUT2D eigenvalue weighted by Crippen LogP contribution is -2.21. The van der Waals surface area contributed by atoms with Crippen LogP contribution in [0.5, 0.6) is 0 Å². The van der Waals surface area contributed by atoms with Gasteiger partial charge in [-0.25, -0.2) is 4.98 Å². The van der Waals surface area contributed by atoms with Crippen LogP contribution in [0.3, 0.4) is 0 Å². The van der Waals surface area contributed by atoms with Crippen LogP contribution in [0.4, 0.5) is 0 Å². The Kier molecular flexibility index (Phi) is 3.74. The van der Waals surface area contributed by atoms with Crippen molar-refractivity contribution in [3.63, 3.8) is 0 Å². The number of hydrogen-bond acceptors (Lipinski definition) is 4. The molecule has 1 aromatic rings. The Balaban J connectivity index is 1.59. The first-order valence-electron chi connectivity index (χ1n) is 6.71. The smallest absolute Gasteiger partial charge is 0.0954 e. The highest BCUT2D eigenvalue weighted by Gasteiger charge is 2.20. The van der Waals surface area contributed by atoms with Gasteiger partial charge in [0, 0.05) is 18.4 Å². The molecule has 2 saturated heterocycles. The molecule has 3 heterocycles. The van der Waals surface area contributed by atoms with E-state index in [1.165, 1.54) is 42.8 Å². The molecule has 0 saturated carbocycles. The lowest BCUT2D eigenvalue weighted by Gasteiger charge is -2.21. The second-order valence-corrected chi connectivity index (χ2v) is 5.95. The van der Waals surface area contributed by atoms with Crippen molar-refractivity contribution in [1.29, 1.82) is 0 Å². The summed E-state index contributed by atoms with van der Waals surface area (Å²) < 4.78 is 5.77. The molecule has 1 N–H and O–H groups in total. The van der Waals surface area contributed by atoms with Crippen LogP contribution in [0.15, 0.2) is 5.38 Å². The Hall–Kier alpha value is -0.450. The number of nitrogens with one attached hydrogen (secondary N) is 1. The molecule has 0 bridgehead atoms. The van der Waals surface area contributed by atoms with Crippen LogP contribution >= 0.6 is 11.3 Å². The molecule has 2 fully saturated rings. The average Bonchev–Trinajstić information content (AvgIpc) is 3.00. The minimum Gasteiger partial charge on any atom is -0.378 e. The molecular weight excluding hydrogens is 232 g/mol. The summed E-state index contributed by atoms with van der Waals surface area (Å²) in [7, 11) is 0. The third kappa shape index (κ3) is 2.87.